The average molecular weight is 601 g/mol. The van der Waals surface area contributed by atoms with Crippen molar-refractivity contribution >= 4 is 32.8 Å². The lowest BCUT2D eigenvalue weighted by Crippen LogP contribution is -2.40. The number of amides is 1. The van der Waals surface area contributed by atoms with E-state index in [1.54, 1.807) is 6.20 Å². The number of nitrogens with one attached hydrogen (secondary N) is 1. The number of carbonyl (C=O) groups excluding carboxylic acids is 1. The van der Waals surface area contributed by atoms with E-state index in [4.69, 9.17) is 5.26 Å². The van der Waals surface area contributed by atoms with Crippen LogP contribution >= 0.6 is 11.3 Å². The minimum atomic E-state index is -2.91. The van der Waals surface area contributed by atoms with Gasteiger partial charge in [0.15, 0.2) is 21.5 Å². The van der Waals surface area contributed by atoms with Crippen molar-refractivity contribution in [2.45, 2.75) is 50.5 Å². The topological polar surface area (TPSA) is 103 Å². The third-order valence-corrected chi connectivity index (χ3v) is 10.5. The Bertz CT molecular complexity index is 1530. The van der Waals surface area contributed by atoms with Crippen LogP contribution in [0.5, 0.6) is 0 Å². The zero-order chi connectivity index (χ0) is 29.0. The van der Waals surface area contributed by atoms with Crippen LogP contribution in [0.1, 0.15) is 46.4 Å². The number of carbonyl (C=O) groups is 1. The lowest BCUT2D eigenvalue weighted by atomic mass is 9.88. The number of sulfone groups is 1. The van der Waals surface area contributed by atoms with Gasteiger partial charge >= 0.3 is 0 Å². The molecule has 11 heteroatoms. The standard InChI is InChI=1S/C19H16F2N2O2S2.C11H16N2O.H2/c20-16-3-1-2-15(18(16)21)19-22-12-17(26-19)13-4-6-14(7-5-13)23-8-10-27(24,25)11-9-23;12-8-11(6-7-11)13-10(14)9-4-2-1-3-5-9;/h1-7,12H,8-11H2;9H,1-7H2,(H,13,14);1H. The summed E-state index contributed by atoms with van der Waals surface area (Å²) in [5.74, 6) is -1.15. The quantitative estimate of drug-likeness (QED) is 0.387. The fourth-order valence-electron chi connectivity index (χ4n) is 5.10. The molecule has 0 bridgehead atoms. The highest BCUT2D eigenvalue weighted by Crippen LogP contribution is 2.36. The molecule has 3 aliphatic rings. The second kappa shape index (κ2) is 12.2. The summed E-state index contributed by atoms with van der Waals surface area (Å²) in [7, 11) is -2.91. The molecule has 1 amide bonds. The van der Waals surface area contributed by atoms with Crippen molar-refractivity contribution in [3.63, 3.8) is 0 Å². The molecule has 1 saturated heterocycles. The largest absolute Gasteiger partial charge is 0.369 e. The molecule has 2 saturated carbocycles. The van der Waals surface area contributed by atoms with Gasteiger partial charge in [0.05, 0.1) is 22.5 Å². The Morgan fingerprint density at radius 1 is 1.07 bits per heavy atom. The molecular weight excluding hydrogens is 566 g/mol. The van der Waals surface area contributed by atoms with E-state index in [1.165, 1.54) is 29.9 Å². The van der Waals surface area contributed by atoms with Crippen LogP contribution in [-0.2, 0) is 14.6 Å². The molecule has 0 atom stereocenters. The van der Waals surface area contributed by atoms with Gasteiger partial charge < -0.3 is 10.2 Å². The number of thiazole rings is 1. The predicted octanol–water partition coefficient (Wildman–Crippen LogP) is 5.98. The molecule has 0 spiro atoms. The van der Waals surface area contributed by atoms with E-state index < -0.39 is 27.0 Å². The molecule has 1 aliphatic heterocycles. The molecule has 3 fully saturated rings. The van der Waals surface area contributed by atoms with E-state index in [1.807, 2.05) is 29.2 Å². The van der Waals surface area contributed by atoms with E-state index in [0.29, 0.717) is 18.1 Å². The van der Waals surface area contributed by atoms with Crippen molar-refractivity contribution in [2.75, 3.05) is 29.5 Å². The first-order chi connectivity index (χ1) is 19.7. The Kier molecular flexibility index (Phi) is 8.71. The molecule has 2 heterocycles. The highest BCUT2D eigenvalue weighted by Gasteiger charge is 2.45. The first-order valence-electron chi connectivity index (χ1n) is 13.9. The highest BCUT2D eigenvalue weighted by atomic mass is 32.2. The van der Waals surface area contributed by atoms with Gasteiger partial charge in [-0.3, -0.25) is 4.79 Å². The van der Waals surface area contributed by atoms with Crippen molar-refractivity contribution < 1.29 is 23.4 Å². The maximum Gasteiger partial charge on any atom is 0.224 e. The van der Waals surface area contributed by atoms with Crippen LogP contribution in [0.15, 0.2) is 48.7 Å². The molecule has 1 aromatic heterocycles. The van der Waals surface area contributed by atoms with Crippen molar-refractivity contribution in [3.8, 4) is 27.1 Å². The zero-order valence-electron chi connectivity index (χ0n) is 22.6. The van der Waals surface area contributed by atoms with Gasteiger partial charge in [-0.25, -0.2) is 22.2 Å². The van der Waals surface area contributed by atoms with Gasteiger partial charge in [0.25, 0.3) is 0 Å². The van der Waals surface area contributed by atoms with Crippen LogP contribution in [-0.4, -0.2) is 49.4 Å². The van der Waals surface area contributed by atoms with Crippen molar-refractivity contribution in [1.29, 1.82) is 5.26 Å². The fraction of sp³-hybridized carbons (Fsp3) is 0.433. The number of hydrogen-bond acceptors (Lipinski definition) is 7. The smallest absolute Gasteiger partial charge is 0.224 e. The van der Waals surface area contributed by atoms with Crippen LogP contribution < -0.4 is 10.2 Å². The van der Waals surface area contributed by atoms with Crippen molar-refractivity contribution in [1.82, 2.24) is 10.3 Å². The van der Waals surface area contributed by atoms with Crippen LogP contribution in [0.4, 0.5) is 14.5 Å². The molecule has 0 unspecified atom stereocenters. The number of halogens is 2. The van der Waals surface area contributed by atoms with E-state index in [2.05, 4.69) is 16.4 Å². The number of aromatic nitrogens is 1. The summed E-state index contributed by atoms with van der Waals surface area (Å²) in [4.78, 5) is 18.9. The third-order valence-electron chi connectivity index (χ3n) is 7.85. The molecule has 7 nitrogen and oxygen atoms in total. The summed E-state index contributed by atoms with van der Waals surface area (Å²) in [6, 6.07) is 14.0. The molecule has 2 aliphatic carbocycles. The maximum absolute atomic E-state index is 14.0. The number of hydrogen-bond donors (Lipinski definition) is 1. The summed E-state index contributed by atoms with van der Waals surface area (Å²) in [5, 5.41) is 12.1. The summed E-state index contributed by atoms with van der Waals surface area (Å²) in [5.41, 5.74) is 1.56. The lowest BCUT2D eigenvalue weighted by molar-refractivity contribution is -0.126. The third kappa shape index (κ3) is 7.11. The van der Waals surface area contributed by atoms with Gasteiger partial charge in [0, 0.05) is 37.9 Å². The summed E-state index contributed by atoms with van der Waals surface area (Å²) < 4.78 is 50.5. The van der Waals surface area contributed by atoms with E-state index >= 15 is 0 Å². The van der Waals surface area contributed by atoms with Gasteiger partial charge in [-0.2, -0.15) is 5.26 Å². The number of anilines is 1. The molecule has 218 valence electrons. The molecule has 3 aromatic rings. The number of benzene rings is 2. The Morgan fingerprint density at radius 2 is 1.76 bits per heavy atom. The van der Waals surface area contributed by atoms with Gasteiger partial charge in [-0.1, -0.05) is 37.5 Å². The van der Waals surface area contributed by atoms with Crippen LogP contribution in [0.3, 0.4) is 0 Å². The average Bonchev–Trinajstić information content (AvgIpc) is 3.59. The van der Waals surface area contributed by atoms with Gasteiger partial charge in [-0.05, 0) is 55.5 Å². The second-order valence-corrected chi connectivity index (χ2v) is 14.2. The van der Waals surface area contributed by atoms with E-state index in [0.717, 1.165) is 60.7 Å². The lowest BCUT2D eigenvalue weighted by Gasteiger charge is -2.28. The zero-order valence-corrected chi connectivity index (χ0v) is 24.2. The normalized spacial score (nSPS) is 19.4. The van der Waals surface area contributed by atoms with Crippen LogP contribution in [0, 0.1) is 28.9 Å². The van der Waals surface area contributed by atoms with Gasteiger partial charge in [0.1, 0.15) is 10.5 Å². The monoisotopic (exact) mass is 600 g/mol. The molecule has 6 rings (SSSR count). The van der Waals surface area contributed by atoms with E-state index in [-0.39, 0.29) is 30.3 Å². The highest BCUT2D eigenvalue weighted by molar-refractivity contribution is 7.91. The molecule has 41 heavy (non-hydrogen) atoms. The number of nitriles is 1. The number of rotatable bonds is 5. The Balaban J connectivity index is 0.000000228. The van der Waals surface area contributed by atoms with Gasteiger partial charge in [-0.15, -0.1) is 11.3 Å². The van der Waals surface area contributed by atoms with Crippen LogP contribution in [0.2, 0.25) is 0 Å². The van der Waals surface area contributed by atoms with Gasteiger partial charge in [0.2, 0.25) is 5.91 Å². The molecular formula is C30H34F2N4O3S2. The van der Waals surface area contributed by atoms with Crippen molar-refractivity contribution in [2.24, 2.45) is 5.92 Å². The summed E-state index contributed by atoms with van der Waals surface area (Å²) >= 11 is 1.29. The SMILES string of the molecule is N#CC1(NC(=O)C2CCCCC2)CC1.O=S1(=O)CCN(c2ccc(-c3cnc(-c4cccc(F)c4F)s3)cc2)CC1.[HH]. The summed E-state index contributed by atoms with van der Waals surface area (Å²) in [6.45, 7) is 0.983. The Morgan fingerprint density at radius 3 is 2.39 bits per heavy atom. The van der Waals surface area contributed by atoms with E-state index in [9.17, 15) is 22.0 Å². The van der Waals surface area contributed by atoms with Crippen molar-refractivity contribution in [3.05, 3.63) is 60.3 Å². The Labute approximate surface area is 244 Å². The number of nitrogens with zero attached hydrogens (tertiary/aromatic N) is 3. The summed E-state index contributed by atoms with van der Waals surface area (Å²) in [6.07, 6.45) is 8.92. The molecule has 2 aromatic carbocycles. The first kappa shape index (κ1) is 29.1. The molecule has 1 N–H and O–H groups in total. The predicted molar refractivity (Wildman–Crippen MR) is 158 cm³/mol. The Hall–Kier alpha value is -3.36. The fourth-order valence-corrected chi connectivity index (χ4v) is 7.24. The minimum absolute atomic E-state index is 0. The molecule has 0 radical (unpaired) electrons. The first-order valence-corrected chi connectivity index (χ1v) is 16.5. The minimum Gasteiger partial charge on any atom is -0.369 e. The second-order valence-electron chi connectivity index (χ2n) is 10.8. The van der Waals surface area contributed by atoms with Crippen LogP contribution in [0.25, 0.3) is 21.0 Å². The maximum atomic E-state index is 14.0.